The zero-order chi connectivity index (χ0) is 13.8. The van der Waals surface area contributed by atoms with E-state index in [0.29, 0.717) is 5.69 Å². The van der Waals surface area contributed by atoms with E-state index in [2.05, 4.69) is 10.3 Å². The summed E-state index contributed by atoms with van der Waals surface area (Å²) in [5.41, 5.74) is 1.16. The highest BCUT2D eigenvalue weighted by atomic mass is 16.3. The molecular formula is C15H18N2O2. The van der Waals surface area contributed by atoms with Crippen LogP contribution in [0.25, 0.3) is 10.9 Å². The molecule has 1 heterocycles. The monoisotopic (exact) mass is 258 g/mol. The molecule has 1 atom stereocenters. The van der Waals surface area contributed by atoms with Crippen LogP contribution in [0.4, 0.5) is 0 Å². The second-order valence-corrected chi connectivity index (χ2v) is 4.91. The van der Waals surface area contributed by atoms with E-state index in [-0.39, 0.29) is 18.4 Å². The lowest BCUT2D eigenvalue weighted by molar-refractivity contribution is 0.0867. The summed E-state index contributed by atoms with van der Waals surface area (Å²) >= 11 is 0. The normalized spacial score (nSPS) is 12.6. The van der Waals surface area contributed by atoms with Crippen LogP contribution in [0.1, 0.15) is 24.3 Å². The topological polar surface area (TPSA) is 62.2 Å². The third kappa shape index (κ3) is 3.29. The number of amides is 1. The average Bonchev–Trinajstić information content (AvgIpc) is 2.43. The van der Waals surface area contributed by atoms with Crippen LogP contribution >= 0.6 is 0 Å². The Kier molecular flexibility index (Phi) is 4.12. The second kappa shape index (κ2) is 5.80. The number of benzene rings is 1. The minimum Gasteiger partial charge on any atom is -0.391 e. The van der Waals surface area contributed by atoms with Gasteiger partial charge in [-0.2, -0.15) is 0 Å². The summed E-state index contributed by atoms with van der Waals surface area (Å²) in [5.74, 6) is -0.143. The van der Waals surface area contributed by atoms with Gasteiger partial charge < -0.3 is 10.4 Å². The molecule has 1 aromatic heterocycles. The van der Waals surface area contributed by atoms with E-state index >= 15 is 0 Å². The summed E-state index contributed by atoms with van der Waals surface area (Å²) in [6.45, 7) is 4.06. The SMILES string of the molecule is CC(C)C(O)CNC(=O)c1ccc2ccccc2n1. The van der Waals surface area contributed by atoms with Crippen molar-refractivity contribution >= 4 is 16.8 Å². The maximum atomic E-state index is 11.9. The van der Waals surface area contributed by atoms with E-state index < -0.39 is 6.10 Å². The number of aliphatic hydroxyl groups is 1. The predicted octanol–water partition coefficient (Wildman–Crippen LogP) is 1.98. The highest BCUT2D eigenvalue weighted by Crippen LogP contribution is 2.11. The van der Waals surface area contributed by atoms with Crippen molar-refractivity contribution in [3.05, 3.63) is 42.1 Å². The van der Waals surface area contributed by atoms with Gasteiger partial charge in [-0.05, 0) is 18.1 Å². The van der Waals surface area contributed by atoms with Gasteiger partial charge in [-0.25, -0.2) is 4.98 Å². The van der Waals surface area contributed by atoms with Crippen molar-refractivity contribution in [1.82, 2.24) is 10.3 Å². The fraction of sp³-hybridized carbons (Fsp3) is 0.333. The highest BCUT2D eigenvalue weighted by Gasteiger charge is 2.12. The van der Waals surface area contributed by atoms with Gasteiger partial charge in [-0.1, -0.05) is 38.1 Å². The van der Waals surface area contributed by atoms with Gasteiger partial charge in [0, 0.05) is 11.9 Å². The van der Waals surface area contributed by atoms with Crippen molar-refractivity contribution in [2.45, 2.75) is 20.0 Å². The van der Waals surface area contributed by atoms with Gasteiger partial charge in [0.1, 0.15) is 5.69 Å². The summed E-state index contributed by atoms with van der Waals surface area (Å²) in [6.07, 6.45) is -0.538. The lowest BCUT2D eigenvalue weighted by Crippen LogP contribution is -2.35. The van der Waals surface area contributed by atoms with Gasteiger partial charge in [0.25, 0.3) is 5.91 Å². The van der Waals surface area contributed by atoms with E-state index in [0.717, 1.165) is 10.9 Å². The third-order valence-electron chi connectivity index (χ3n) is 3.07. The van der Waals surface area contributed by atoms with Crippen molar-refractivity contribution in [2.75, 3.05) is 6.54 Å². The minimum absolute atomic E-state index is 0.116. The molecule has 0 fully saturated rings. The van der Waals surface area contributed by atoms with Crippen molar-refractivity contribution in [2.24, 2.45) is 5.92 Å². The molecular weight excluding hydrogens is 240 g/mol. The van der Waals surface area contributed by atoms with Crippen LogP contribution in [-0.4, -0.2) is 28.6 Å². The van der Waals surface area contributed by atoms with Gasteiger partial charge in [0.05, 0.1) is 11.6 Å². The molecule has 0 aliphatic carbocycles. The molecule has 0 bridgehead atoms. The minimum atomic E-state index is -0.538. The van der Waals surface area contributed by atoms with E-state index in [1.807, 2.05) is 44.2 Å². The number of rotatable bonds is 4. The highest BCUT2D eigenvalue weighted by molar-refractivity contribution is 5.94. The number of hydrogen-bond acceptors (Lipinski definition) is 3. The summed E-state index contributed by atoms with van der Waals surface area (Å²) < 4.78 is 0. The molecule has 19 heavy (non-hydrogen) atoms. The summed E-state index contributed by atoms with van der Waals surface area (Å²) in [7, 11) is 0. The van der Waals surface area contributed by atoms with Crippen molar-refractivity contribution < 1.29 is 9.90 Å². The van der Waals surface area contributed by atoms with Crippen LogP contribution in [0.5, 0.6) is 0 Å². The van der Waals surface area contributed by atoms with Gasteiger partial charge >= 0.3 is 0 Å². The van der Waals surface area contributed by atoms with Crippen LogP contribution in [0.15, 0.2) is 36.4 Å². The predicted molar refractivity (Wildman–Crippen MR) is 74.9 cm³/mol. The Balaban J connectivity index is 2.09. The molecule has 0 aliphatic rings. The van der Waals surface area contributed by atoms with Gasteiger partial charge in [0.15, 0.2) is 0 Å². The number of aromatic nitrogens is 1. The summed E-state index contributed by atoms with van der Waals surface area (Å²) in [6, 6.07) is 11.2. The smallest absolute Gasteiger partial charge is 0.269 e. The van der Waals surface area contributed by atoms with Gasteiger partial charge in [0.2, 0.25) is 0 Å². The molecule has 1 aromatic carbocycles. The fourth-order valence-electron chi connectivity index (χ4n) is 1.72. The van der Waals surface area contributed by atoms with Crippen molar-refractivity contribution in [3.63, 3.8) is 0 Å². The van der Waals surface area contributed by atoms with Crippen molar-refractivity contribution in [1.29, 1.82) is 0 Å². The average molecular weight is 258 g/mol. The number of nitrogens with zero attached hydrogens (tertiary/aromatic N) is 1. The summed E-state index contributed by atoms with van der Waals surface area (Å²) in [4.78, 5) is 16.2. The Morgan fingerprint density at radius 2 is 2.00 bits per heavy atom. The summed E-state index contributed by atoms with van der Waals surface area (Å²) in [5, 5.41) is 13.4. The number of fused-ring (bicyclic) bond motifs is 1. The maximum Gasteiger partial charge on any atom is 0.269 e. The number of para-hydroxylation sites is 1. The molecule has 4 heteroatoms. The molecule has 2 rings (SSSR count). The Bertz CT molecular complexity index is 581. The molecule has 2 aromatic rings. The molecule has 1 amide bonds. The third-order valence-corrected chi connectivity index (χ3v) is 3.07. The number of carbonyl (C=O) groups is 1. The Morgan fingerprint density at radius 3 is 2.74 bits per heavy atom. The van der Waals surface area contributed by atoms with Gasteiger partial charge in [-0.15, -0.1) is 0 Å². The fourth-order valence-corrected chi connectivity index (χ4v) is 1.72. The molecule has 0 radical (unpaired) electrons. The standard InChI is InChI=1S/C15H18N2O2/c1-10(2)14(18)9-16-15(19)13-8-7-11-5-3-4-6-12(11)17-13/h3-8,10,14,18H,9H2,1-2H3,(H,16,19). The molecule has 0 aliphatic heterocycles. The Morgan fingerprint density at radius 1 is 1.26 bits per heavy atom. The van der Waals surface area contributed by atoms with Crippen LogP contribution in [0, 0.1) is 5.92 Å². The first kappa shape index (κ1) is 13.5. The van der Waals surface area contributed by atoms with E-state index in [1.54, 1.807) is 6.07 Å². The lowest BCUT2D eigenvalue weighted by atomic mass is 10.1. The second-order valence-electron chi connectivity index (χ2n) is 4.91. The first-order valence-electron chi connectivity index (χ1n) is 6.40. The Hall–Kier alpha value is -1.94. The number of aliphatic hydroxyl groups excluding tert-OH is 1. The zero-order valence-electron chi connectivity index (χ0n) is 11.1. The molecule has 0 saturated carbocycles. The lowest BCUT2D eigenvalue weighted by Gasteiger charge is -2.14. The quantitative estimate of drug-likeness (QED) is 0.881. The van der Waals surface area contributed by atoms with Crippen LogP contribution in [0.3, 0.4) is 0 Å². The maximum absolute atomic E-state index is 11.9. The van der Waals surface area contributed by atoms with Crippen LogP contribution < -0.4 is 5.32 Å². The molecule has 0 saturated heterocycles. The zero-order valence-corrected chi connectivity index (χ0v) is 11.1. The number of carbonyl (C=O) groups excluding carboxylic acids is 1. The number of hydrogen-bond donors (Lipinski definition) is 2. The van der Waals surface area contributed by atoms with Crippen LogP contribution in [-0.2, 0) is 0 Å². The van der Waals surface area contributed by atoms with Crippen LogP contribution in [0.2, 0.25) is 0 Å². The van der Waals surface area contributed by atoms with Crippen molar-refractivity contribution in [3.8, 4) is 0 Å². The van der Waals surface area contributed by atoms with E-state index in [9.17, 15) is 9.90 Å². The largest absolute Gasteiger partial charge is 0.391 e. The van der Waals surface area contributed by atoms with E-state index in [4.69, 9.17) is 0 Å². The molecule has 0 spiro atoms. The molecule has 100 valence electrons. The molecule has 1 unspecified atom stereocenters. The molecule has 2 N–H and O–H groups in total. The first-order valence-corrected chi connectivity index (χ1v) is 6.40. The number of pyridine rings is 1. The van der Waals surface area contributed by atoms with E-state index in [1.165, 1.54) is 0 Å². The Labute approximate surface area is 112 Å². The number of nitrogens with one attached hydrogen (secondary N) is 1. The molecule has 4 nitrogen and oxygen atoms in total. The first-order chi connectivity index (χ1) is 9.08. The van der Waals surface area contributed by atoms with Gasteiger partial charge in [-0.3, -0.25) is 4.79 Å².